The van der Waals surface area contributed by atoms with Gasteiger partial charge in [0.15, 0.2) is 0 Å². The van der Waals surface area contributed by atoms with Crippen molar-refractivity contribution in [2.45, 2.75) is 46.5 Å². The van der Waals surface area contributed by atoms with E-state index in [2.05, 4.69) is 25.2 Å². The summed E-state index contributed by atoms with van der Waals surface area (Å²) in [6, 6.07) is 0. The van der Waals surface area contributed by atoms with Crippen LogP contribution < -0.4 is 0 Å². The van der Waals surface area contributed by atoms with E-state index in [0.29, 0.717) is 0 Å². The van der Waals surface area contributed by atoms with Crippen LogP contribution in [0.5, 0.6) is 0 Å². The van der Waals surface area contributed by atoms with Crippen LogP contribution in [-0.2, 0) is 4.79 Å². The van der Waals surface area contributed by atoms with E-state index in [4.69, 9.17) is 0 Å². The molecule has 0 fully saturated rings. The minimum absolute atomic E-state index is 0.203. The first-order valence-corrected chi connectivity index (χ1v) is 5.42. The van der Waals surface area contributed by atoms with Gasteiger partial charge >= 0.3 is 0 Å². The molecule has 1 nitrogen and oxygen atoms in total. The van der Waals surface area contributed by atoms with E-state index in [9.17, 15) is 4.79 Å². The number of hydrogen-bond acceptors (Lipinski definition) is 1. The van der Waals surface area contributed by atoms with Crippen LogP contribution in [0.2, 0.25) is 0 Å². The first kappa shape index (κ1) is 13.2. The number of aldehydes is 1. The van der Waals surface area contributed by atoms with E-state index in [-0.39, 0.29) is 5.92 Å². The van der Waals surface area contributed by atoms with Crippen molar-refractivity contribution in [3.8, 4) is 0 Å². The highest BCUT2D eigenvalue weighted by molar-refractivity contribution is 5.52. The van der Waals surface area contributed by atoms with E-state index in [1.165, 1.54) is 5.57 Å². The van der Waals surface area contributed by atoms with Crippen LogP contribution in [0.15, 0.2) is 23.8 Å². The maximum atomic E-state index is 10.4. The van der Waals surface area contributed by atoms with Gasteiger partial charge in [-0.1, -0.05) is 30.7 Å². The molecule has 0 aromatic heterocycles. The molecule has 0 rings (SSSR count). The van der Waals surface area contributed by atoms with Crippen molar-refractivity contribution in [3.63, 3.8) is 0 Å². The fourth-order valence-corrected chi connectivity index (χ4v) is 1.24. The third kappa shape index (κ3) is 7.78. The lowest BCUT2D eigenvalue weighted by Crippen LogP contribution is -1.93. The maximum Gasteiger partial charge on any atom is 0.122 e. The van der Waals surface area contributed by atoms with Crippen LogP contribution in [0.3, 0.4) is 0 Å². The molecule has 0 aromatic rings. The highest BCUT2D eigenvalue weighted by atomic mass is 16.1. The molecule has 0 amide bonds. The fourth-order valence-electron chi connectivity index (χ4n) is 1.24. The van der Waals surface area contributed by atoms with Gasteiger partial charge in [0.25, 0.3) is 0 Å². The Kier molecular flexibility index (Phi) is 8.20. The number of hydrogen-bond donors (Lipinski definition) is 0. The Morgan fingerprint density at radius 2 is 2.07 bits per heavy atom. The monoisotopic (exact) mass is 194 g/mol. The predicted octanol–water partition coefficient (Wildman–Crippen LogP) is 3.90. The summed E-state index contributed by atoms with van der Waals surface area (Å²) < 4.78 is 0. The van der Waals surface area contributed by atoms with Crippen molar-refractivity contribution in [1.82, 2.24) is 0 Å². The van der Waals surface area contributed by atoms with E-state index in [1.807, 2.05) is 13.8 Å². The molecular weight excluding hydrogens is 172 g/mol. The SMILES string of the molecule is C/C=C/CC/C(C)=C/CCC(C)C=O. The van der Waals surface area contributed by atoms with Crippen LogP contribution >= 0.6 is 0 Å². The Bertz CT molecular complexity index is 201. The van der Waals surface area contributed by atoms with Gasteiger partial charge in [-0.25, -0.2) is 0 Å². The summed E-state index contributed by atoms with van der Waals surface area (Å²) in [7, 11) is 0. The van der Waals surface area contributed by atoms with Crippen LogP contribution in [0, 0.1) is 5.92 Å². The van der Waals surface area contributed by atoms with Crippen molar-refractivity contribution < 1.29 is 4.79 Å². The summed E-state index contributed by atoms with van der Waals surface area (Å²) in [6.45, 7) is 6.18. The predicted molar refractivity (Wildman–Crippen MR) is 62.3 cm³/mol. The number of allylic oxidation sites excluding steroid dienone is 4. The Balaban J connectivity index is 3.60. The van der Waals surface area contributed by atoms with Crippen molar-refractivity contribution in [2.24, 2.45) is 5.92 Å². The molecule has 0 radical (unpaired) electrons. The van der Waals surface area contributed by atoms with Crippen LogP contribution in [-0.4, -0.2) is 6.29 Å². The summed E-state index contributed by atoms with van der Waals surface area (Å²) in [4.78, 5) is 10.4. The van der Waals surface area contributed by atoms with Gasteiger partial charge in [0.2, 0.25) is 0 Å². The van der Waals surface area contributed by atoms with E-state index in [1.54, 1.807) is 0 Å². The molecule has 0 heterocycles. The second kappa shape index (κ2) is 8.74. The van der Waals surface area contributed by atoms with Gasteiger partial charge in [0.1, 0.15) is 6.29 Å². The molecule has 0 N–H and O–H groups in total. The number of carbonyl (C=O) groups excluding carboxylic acids is 1. The summed E-state index contributed by atoms with van der Waals surface area (Å²) in [6.07, 6.45) is 11.8. The zero-order valence-corrected chi connectivity index (χ0v) is 9.62. The highest BCUT2D eigenvalue weighted by Gasteiger charge is 1.96. The largest absolute Gasteiger partial charge is 0.303 e. The lowest BCUT2D eigenvalue weighted by atomic mass is 10.0. The molecular formula is C13H22O. The summed E-state index contributed by atoms with van der Waals surface area (Å²) in [5, 5.41) is 0. The first-order valence-electron chi connectivity index (χ1n) is 5.42. The molecule has 80 valence electrons. The lowest BCUT2D eigenvalue weighted by Gasteiger charge is -2.01. The number of carbonyl (C=O) groups is 1. The molecule has 0 saturated carbocycles. The zero-order chi connectivity index (χ0) is 10.8. The average molecular weight is 194 g/mol. The van der Waals surface area contributed by atoms with Gasteiger partial charge in [-0.3, -0.25) is 0 Å². The third-order valence-corrected chi connectivity index (χ3v) is 2.29. The van der Waals surface area contributed by atoms with E-state index in [0.717, 1.165) is 32.0 Å². The Morgan fingerprint density at radius 3 is 2.64 bits per heavy atom. The molecule has 1 heteroatoms. The minimum Gasteiger partial charge on any atom is -0.303 e. The van der Waals surface area contributed by atoms with Gasteiger partial charge in [-0.15, -0.1) is 0 Å². The normalized spacial score (nSPS) is 14.6. The number of rotatable bonds is 7. The van der Waals surface area contributed by atoms with Crippen molar-refractivity contribution in [3.05, 3.63) is 23.8 Å². The fraction of sp³-hybridized carbons (Fsp3) is 0.615. The van der Waals surface area contributed by atoms with Gasteiger partial charge in [-0.05, 0) is 39.5 Å². The van der Waals surface area contributed by atoms with E-state index >= 15 is 0 Å². The van der Waals surface area contributed by atoms with Gasteiger partial charge < -0.3 is 4.79 Å². The molecule has 14 heavy (non-hydrogen) atoms. The first-order chi connectivity index (χ1) is 6.70. The average Bonchev–Trinajstić information content (AvgIpc) is 2.18. The highest BCUT2D eigenvalue weighted by Crippen LogP contribution is 2.09. The summed E-state index contributed by atoms with van der Waals surface area (Å²) in [5.41, 5.74) is 1.43. The van der Waals surface area contributed by atoms with E-state index < -0.39 is 0 Å². The molecule has 0 saturated heterocycles. The van der Waals surface area contributed by atoms with Gasteiger partial charge in [0.05, 0.1) is 0 Å². The maximum absolute atomic E-state index is 10.4. The van der Waals surface area contributed by atoms with Crippen molar-refractivity contribution >= 4 is 6.29 Å². The molecule has 0 aliphatic rings. The zero-order valence-electron chi connectivity index (χ0n) is 9.62. The van der Waals surface area contributed by atoms with Crippen molar-refractivity contribution in [2.75, 3.05) is 0 Å². The molecule has 1 atom stereocenters. The second-order valence-electron chi connectivity index (χ2n) is 3.85. The Morgan fingerprint density at radius 1 is 1.36 bits per heavy atom. The second-order valence-corrected chi connectivity index (χ2v) is 3.85. The molecule has 0 bridgehead atoms. The quantitative estimate of drug-likeness (QED) is 0.443. The minimum atomic E-state index is 0.203. The summed E-state index contributed by atoms with van der Waals surface area (Å²) in [5.74, 6) is 0.203. The Hall–Kier alpha value is -0.850. The molecule has 1 unspecified atom stereocenters. The van der Waals surface area contributed by atoms with Gasteiger partial charge in [0, 0.05) is 5.92 Å². The summed E-state index contributed by atoms with van der Waals surface area (Å²) >= 11 is 0. The molecule has 0 aliphatic heterocycles. The Labute approximate surface area is 87.9 Å². The topological polar surface area (TPSA) is 17.1 Å². The smallest absolute Gasteiger partial charge is 0.122 e. The van der Waals surface area contributed by atoms with Crippen LogP contribution in [0.25, 0.3) is 0 Å². The van der Waals surface area contributed by atoms with Crippen LogP contribution in [0.4, 0.5) is 0 Å². The molecule has 0 aliphatic carbocycles. The van der Waals surface area contributed by atoms with Crippen molar-refractivity contribution in [1.29, 1.82) is 0 Å². The standard InChI is InChI=1S/C13H22O/c1-4-5-6-8-12(2)9-7-10-13(3)11-14/h4-5,9,11,13H,6-8,10H2,1-3H3/b5-4+,12-9+. The lowest BCUT2D eigenvalue weighted by molar-refractivity contribution is -0.110. The molecule has 0 spiro atoms. The molecule has 0 aromatic carbocycles. The third-order valence-electron chi connectivity index (χ3n) is 2.29. The van der Waals surface area contributed by atoms with Gasteiger partial charge in [-0.2, -0.15) is 0 Å². The van der Waals surface area contributed by atoms with Crippen LogP contribution in [0.1, 0.15) is 46.5 Å².